The molecule has 1 aromatic rings. The number of nitrogens with zero attached hydrogens (tertiary/aromatic N) is 3. The second-order valence-corrected chi connectivity index (χ2v) is 7.21. The fourth-order valence-electron chi connectivity index (χ4n) is 2.08. The van der Waals surface area contributed by atoms with Gasteiger partial charge in [-0.1, -0.05) is 34.8 Å². The summed E-state index contributed by atoms with van der Waals surface area (Å²) in [6, 6.07) is 0.805. The van der Waals surface area contributed by atoms with Crippen LogP contribution in [-0.2, 0) is 17.5 Å². The summed E-state index contributed by atoms with van der Waals surface area (Å²) >= 11 is 14.4. The van der Waals surface area contributed by atoms with Gasteiger partial charge in [0.15, 0.2) is 0 Å². The first kappa shape index (κ1) is 21.1. The molecule has 0 saturated carbocycles. The first-order chi connectivity index (χ1) is 11.9. The smallest absolute Gasteiger partial charge is 0.418 e. The number of nitriles is 1. The van der Waals surface area contributed by atoms with Crippen molar-refractivity contribution in [2.45, 2.75) is 18.0 Å². The summed E-state index contributed by atoms with van der Waals surface area (Å²) in [5, 5.41) is 7.94. The number of halogens is 8. The van der Waals surface area contributed by atoms with Gasteiger partial charge in [-0.05, 0) is 16.5 Å². The molecule has 1 heterocycles. The first-order valence-electron chi connectivity index (χ1n) is 6.31. The normalized spacial score (nSPS) is 20.0. The van der Waals surface area contributed by atoms with Gasteiger partial charge in [0.25, 0.3) is 0 Å². The molecule has 0 spiro atoms. The summed E-state index contributed by atoms with van der Waals surface area (Å²) in [4.78, 5) is 0. The lowest BCUT2D eigenvalue weighted by atomic mass is 10.2. The van der Waals surface area contributed by atoms with Gasteiger partial charge in [-0.3, -0.25) is 0 Å². The zero-order valence-electron chi connectivity index (χ0n) is 12.1. The number of hydrazine groups is 1. The third-order valence-corrected chi connectivity index (χ3v) is 5.17. The molecule has 142 valence electrons. The monoisotopic (exact) mass is 454 g/mol. The van der Waals surface area contributed by atoms with Gasteiger partial charge >= 0.3 is 11.9 Å². The molecule has 0 bridgehead atoms. The molecule has 0 aromatic heterocycles. The van der Waals surface area contributed by atoms with Crippen molar-refractivity contribution in [1.82, 2.24) is 4.41 Å². The Morgan fingerprint density at radius 2 is 1.73 bits per heavy atom. The maximum absolute atomic E-state index is 13.0. The first-order valence-corrected chi connectivity index (χ1v) is 8.61. The summed E-state index contributed by atoms with van der Waals surface area (Å²) in [5.41, 5.74) is 3.98. The lowest BCUT2D eigenvalue weighted by Crippen LogP contribution is -2.49. The van der Waals surface area contributed by atoms with Crippen LogP contribution in [0.3, 0.4) is 0 Å². The van der Waals surface area contributed by atoms with E-state index in [0.29, 0.717) is 21.6 Å². The van der Waals surface area contributed by atoms with Crippen LogP contribution in [0.4, 0.5) is 27.6 Å². The molecule has 26 heavy (non-hydrogen) atoms. The number of hydrogen-bond donors (Lipinski definition) is 1. The molecule has 1 aliphatic rings. The van der Waals surface area contributed by atoms with Crippen LogP contribution in [0.25, 0.3) is 0 Å². The molecular formula is C12H6Cl3F5N4OS. The maximum atomic E-state index is 13.0. The highest BCUT2D eigenvalue weighted by Gasteiger charge is 2.50. The molecular weight excluding hydrogens is 450 g/mol. The largest absolute Gasteiger partial charge is 0.592 e. The minimum Gasteiger partial charge on any atom is -0.592 e. The fraction of sp³-hybridized carbons (Fsp3) is 0.250. The molecule has 2 rings (SSSR count). The van der Waals surface area contributed by atoms with Gasteiger partial charge in [0, 0.05) is 0 Å². The molecule has 0 amide bonds. The Bertz CT molecular complexity index is 777. The van der Waals surface area contributed by atoms with Crippen molar-refractivity contribution in [3.8, 4) is 6.07 Å². The van der Waals surface area contributed by atoms with E-state index in [0.717, 1.165) is 0 Å². The van der Waals surface area contributed by atoms with Gasteiger partial charge in [0.05, 0.1) is 26.7 Å². The topological polar surface area (TPSA) is 79.4 Å². The highest BCUT2D eigenvalue weighted by molar-refractivity contribution is 7.89. The lowest BCUT2D eigenvalue weighted by molar-refractivity contribution is -0.137. The summed E-state index contributed by atoms with van der Waals surface area (Å²) < 4.78 is 76.6. The van der Waals surface area contributed by atoms with Gasteiger partial charge < -0.3 is 10.3 Å². The van der Waals surface area contributed by atoms with Crippen molar-refractivity contribution < 1.29 is 26.5 Å². The fourth-order valence-corrected chi connectivity index (χ4v) is 3.86. The van der Waals surface area contributed by atoms with Gasteiger partial charge in [-0.25, -0.2) is 5.01 Å². The zero-order chi connectivity index (χ0) is 20.0. The SMILES string of the molecule is N#CC1C(Cl)=C(N)N(c2c(Cl)cc(C(F)(F)F)cc2Cl)N1[S+]([O-])C(F)F. The molecule has 1 aliphatic heterocycles. The molecule has 5 nitrogen and oxygen atoms in total. The van der Waals surface area contributed by atoms with E-state index in [1.54, 1.807) is 0 Å². The van der Waals surface area contributed by atoms with Gasteiger partial charge in [-0.2, -0.15) is 27.2 Å². The molecule has 14 heteroatoms. The van der Waals surface area contributed by atoms with Crippen molar-refractivity contribution in [3.63, 3.8) is 0 Å². The third-order valence-electron chi connectivity index (χ3n) is 3.15. The minimum atomic E-state index is -4.78. The van der Waals surface area contributed by atoms with Crippen LogP contribution >= 0.6 is 34.8 Å². The van der Waals surface area contributed by atoms with Gasteiger partial charge in [0.1, 0.15) is 22.9 Å². The van der Waals surface area contributed by atoms with Crippen LogP contribution in [-0.4, -0.2) is 20.8 Å². The zero-order valence-corrected chi connectivity index (χ0v) is 15.2. The predicted octanol–water partition coefficient (Wildman–Crippen LogP) is 4.19. The molecule has 0 saturated heterocycles. The molecule has 0 radical (unpaired) electrons. The standard InChI is InChI=1S/C12H6Cl3F5N4OS/c13-5-1-4(12(18,19)20)2-6(14)9(5)23-10(22)8(15)7(3-21)24(23)26(25)11(16)17/h1-2,7,11H,22H2. The number of anilines is 1. The van der Waals surface area contributed by atoms with Crippen LogP contribution in [0.1, 0.15) is 5.56 Å². The van der Waals surface area contributed by atoms with Gasteiger partial charge in [-0.15, -0.1) is 0 Å². The van der Waals surface area contributed by atoms with E-state index in [4.69, 9.17) is 45.8 Å². The van der Waals surface area contributed by atoms with E-state index in [-0.39, 0.29) is 0 Å². The molecule has 1 aromatic carbocycles. The Hall–Kier alpha value is -1.16. The minimum absolute atomic E-state index is 0.294. The van der Waals surface area contributed by atoms with Crippen LogP contribution in [0.2, 0.25) is 10.0 Å². The van der Waals surface area contributed by atoms with Crippen LogP contribution in [0, 0.1) is 11.3 Å². The van der Waals surface area contributed by atoms with E-state index >= 15 is 0 Å². The highest BCUT2D eigenvalue weighted by Crippen LogP contribution is 2.45. The van der Waals surface area contributed by atoms with Crippen molar-refractivity contribution in [3.05, 3.63) is 38.6 Å². The van der Waals surface area contributed by atoms with Crippen molar-refractivity contribution in [1.29, 1.82) is 5.26 Å². The van der Waals surface area contributed by atoms with E-state index in [1.807, 2.05) is 0 Å². The van der Waals surface area contributed by atoms with Crippen LogP contribution < -0.4 is 10.7 Å². The van der Waals surface area contributed by atoms with E-state index in [2.05, 4.69) is 0 Å². The Morgan fingerprint density at radius 3 is 2.12 bits per heavy atom. The Labute approximate surface area is 161 Å². The summed E-state index contributed by atoms with van der Waals surface area (Å²) in [7, 11) is 0. The lowest BCUT2D eigenvalue weighted by Gasteiger charge is -2.32. The van der Waals surface area contributed by atoms with E-state index < -0.39 is 61.5 Å². The third kappa shape index (κ3) is 3.62. The van der Waals surface area contributed by atoms with Crippen molar-refractivity contribution in [2.24, 2.45) is 5.73 Å². The van der Waals surface area contributed by atoms with Crippen molar-refractivity contribution >= 4 is 51.9 Å². The number of alkyl halides is 5. The summed E-state index contributed by atoms with van der Waals surface area (Å²) in [6.45, 7) is 0. The maximum Gasteiger partial charge on any atom is 0.418 e. The van der Waals surface area contributed by atoms with Crippen molar-refractivity contribution in [2.75, 3.05) is 5.01 Å². The number of benzene rings is 1. The summed E-state index contributed by atoms with van der Waals surface area (Å²) in [6.07, 6.45) is -4.78. The van der Waals surface area contributed by atoms with E-state index in [1.165, 1.54) is 6.07 Å². The predicted molar refractivity (Wildman–Crippen MR) is 86.4 cm³/mol. The molecule has 0 aliphatic carbocycles. The molecule has 2 unspecified atom stereocenters. The Morgan fingerprint density at radius 1 is 1.23 bits per heavy atom. The average molecular weight is 456 g/mol. The second kappa shape index (κ2) is 7.46. The van der Waals surface area contributed by atoms with Gasteiger partial charge in [0.2, 0.25) is 6.04 Å². The summed E-state index contributed by atoms with van der Waals surface area (Å²) in [5.74, 6) is -3.98. The number of rotatable bonds is 3. The second-order valence-electron chi connectivity index (χ2n) is 4.70. The Balaban J connectivity index is 2.66. The van der Waals surface area contributed by atoms with Crippen LogP contribution in [0.5, 0.6) is 0 Å². The molecule has 0 fully saturated rings. The van der Waals surface area contributed by atoms with Crippen LogP contribution in [0.15, 0.2) is 23.0 Å². The highest BCUT2D eigenvalue weighted by atomic mass is 35.5. The molecule has 2 N–H and O–H groups in total. The number of nitrogens with two attached hydrogens (primary N) is 1. The Kier molecular flexibility index (Phi) is 6.06. The quantitative estimate of drug-likeness (QED) is 0.546. The average Bonchev–Trinajstić information content (AvgIpc) is 2.77. The molecule has 2 atom stereocenters. The van der Waals surface area contributed by atoms with E-state index in [9.17, 15) is 26.5 Å². The number of hydrogen-bond acceptors (Lipinski definition) is 5.